The number of nitrogens with one attached hydrogen (secondary N) is 1. The van der Waals surface area contributed by atoms with Crippen LogP contribution in [-0.2, 0) is 16.0 Å². The number of benzene rings is 2. The Morgan fingerprint density at radius 3 is 2.16 bits per heavy atom. The molecule has 0 saturated heterocycles. The zero-order valence-corrected chi connectivity index (χ0v) is 17.9. The number of phenolic OH excluding ortho intramolecular Hbond substituents is 1. The van der Waals surface area contributed by atoms with Gasteiger partial charge in [0.1, 0.15) is 33.2 Å². The molecule has 2 rings (SSSR count). The fourth-order valence-electron chi connectivity index (χ4n) is 3.09. The third-order valence-electron chi connectivity index (χ3n) is 4.73. The topological polar surface area (TPSA) is 95.9 Å². The lowest BCUT2D eigenvalue weighted by Gasteiger charge is -2.19. The van der Waals surface area contributed by atoms with Gasteiger partial charge in [-0.2, -0.15) is 0 Å². The maximum atomic E-state index is 14.1. The first-order chi connectivity index (χ1) is 14.4. The molecular weight excluding hydrogens is 399 g/mol. The molecule has 0 aliphatic heterocycles. The van der Waals surface area contributed by atoms with Gasteiger partial charge >= 0.3 is 5.97 Å². The predicted molar refractivity (Wildman–Crippen MR) is 118 cm³/mol. The molecule has 4 radical (unpaired) electrons. The Balaban J connectivity index is 2.23. The number of carbonyl (C=O) groups is 2. The molecule has 9 heteroatoms. The van der Waals surface area contributed by atoms with Crippen molar-refractivity contribution in [2.75, 3.05) is 0 Å². The number of phenols is 1. The van der Waals surface area contributed by atoms with Gasteiger partial charge in [0.2, 0.25) is 5.91 Å². The number of carbonyl (C=O) groups excluding carboxylic acids is 1. The monoisotopic (exact) mass is 423 g/mol. The van der Waals surface area contributed by atoms with E-state index in [1.165, 1.54) is 18.2 Å². The summed E-state index contributed by atoms with van der Waals surface area (Å²) in [5.41, 5.74) is 1.09. The van der Waals surface area contributed by atoms with Gasteiger partial charge < -0.3 is 20.3 Å². The molecule has 0 aliphatic carbocycles. The van der Waals surface area contributed by atoms with Gasteiger partial charge in [-0.3, -0.25) is 4.79 Å². The highest BCUT2D eigenvalue weighted by atomic mass is 19.1. The number of halogens is 1. The zero-order valence-electron chi connectivity index (χ0n) is 17.9. The molecule has 1 amide bonds. The zero-order chi connectivity index (χ0) is 23.5. The number of carboxylic acids is 1. The van der Waals surface area contributed by atoms with Crippen molar-refractivity contribution in [3.63, 3.8) is 0 Å². The van der Waals surface area contributed by atoms with E-state index in [9.17, 15) is 24.2 Å². The van der Waals surface area contributed by atoms with Gasteiger partial charge in [-0.25, -0.2) is 9.18 Å². The summed E-state index contributed by atoms with van der Waals surface area (Å²) >= 11 is 0. The van der Waals surface area contributed by atoms with Crippen LogP contribution in [-0.4, -0.2) is 43.8 Å². The van der Waals surface area contributed by atoms with Crippen molar-refractivity contribution in [2.24, 2.45) is 5.92 Å². The molecule has 0 saturated carbocycles. The van der Waals surface area contributed by atoms with E-state index in [1.807, 2.05) is 0 Å². The highest BCUT2D eigenvalue weighted by Gasteiger charge is 2.23. The number of aromatic hydroxyl groups is 1. The van der Waals surface area contributed by atoms with Crippen molar-refractivity contribution in [1.29, 1.82) is 0 Å². The number of hydrogen-bond donors (Lipinski definition) is 3. The first-order valence-corrected chi connectivity index (χ1v) is 9.81. The van der Waals surface area contributed by atoms with Crippen molar-refractivity contribution in [1.82, 2.24) is 5.32 Å². The van der Waals surface area contributed by atoms with Crippen LogP contribution in [0.4, 0.5) is 4.39 Å². The molecule has 0 aliphatic rings. The Hall–Kier alpha value is -2.96. The molecule has 6 nitrogen and oxygen atoms in total. The molecule has 160 valence electrons. The molecule has 0 fully saturated rings. The molecule has 0 aromatic heterocycles. The van der Waals surface area contributed by atoms with Gasteiger partial charge in [-0.1, -0.05) is 50.8 Å². The summed E-state index contributed by atoms with van der Waals surface area (Å²) < 4.78 is 19.7. The fourth-order valence-corrected chi connectivity index (χ4v) is 3.09. The number of ether oxygens (including phenoxy) is 1. The minimum Gasteiger partial charge on any atom is -0.505 e. The predicted octanol–water partition coefficient (Wildman–Crippen LogP) is 1.80. The Morgan fingerprint density at radius 1 is 1.10 bits per heavy atom. The van der Waals surface area contributed by atoms with Gasteiger partial charge in [-0.05, 0) is 23.5 Å². The van der Waals surface area contributed by atoms with Crippen LogP contribution in [0.3, 0.4) is 0 Å². The quantitative estimate of drug-likeness (QED) is 0.564. The highest BCUT2D eigenvalue weighted by Crippen LogP contribution is 2.33. The standard InChI is InChI=1S/C22H24B2FNO5/c1-10(2)14-8-13(9-17(25)20(14)28)31-21-15(23)5-12(6-16(21)24)7-18(27)26-19(11(3)4)22(29)30/h5-6,8-11,19,28H,7H2,1-4H3,(H,26,27)(H,29,30)/t19-/m1/s1. The van der Waals surface area contributed by atoms with Crippen LogP contribution < -0.4 is 21.0 Å². The van der Waals surface area contributed by atoms with E-state index >= 15 is 0 Å². The van der Waals surface area contributed by atoms with E-state index in [2.05, 4.69) is 5.32 Å². The minimum atomic E-state index is -1.12. The highest BCUT2D eigenvalue weighted by molar-refractivity contribution is 6.41. The largest absolute Gasteiger partial charge is 0.505 e. The lowest BCUT2D eigenvalue weighted by atomic mass is 9.83. The van der Waals surface area contributed by atoms with Gasteiger partial charge in [-0.15, -0.1) is 0 Å². The SMILES string of the molecule is [B]c1cc(CC(=O)N[C@@H](C(=O)O)C(C)C)cc([B])c1Oc1cc(F)c(O)c(C(C)C)c1. The Labute approximate surface area is 183 Å². The van der Waals surface area contributed by atoms with Gasteiger partial charge in [0.15, 0.2) is 11.6 Å². The second-order valence-electron chi connectivity index (χ2n) is 8.01. The van der Waals surface area contributed by atoms with Crippen LogP contribution in [0, 0.1) is 11.7 Å². The normalized spacial score (nSPS) is 12.1. The van der Waals surface area contributed by atoms with Crippen molar-refractivity contribution < 1.29 is 28.9 Å². The summed E-state index contributed by atoms with van der Waals surface area (Å²) in [5, 5.41) is 21.5. The third-order valence-corrected chi connectivity index (χ3v) is 4.73. The summed E-state index contributed by atoms with van der Waals surface area (Å²) in [6.07, 6.45) is -0.128. The average Bonchev–Trinajstić information content (AvgIpc) is 2.64. The minimum absolute atomic E-state index is 0.0922. The smallest absolute Gasteiger partial charge is 0.326 e. The lowest BCUT2D eigenvalue weighted by molar-refractivity contribution is -0.143. The number of aliphatic carboxylic acids is 1. The molecule has 2 aromatic rings. The number of amides is 1. The Kier molecular flexibility index (Phi) is 7.76. The molecule has 0 spiro atoms. The maximum absolute atomic E-state index is 14.1. The molecule has 0 bridgehead atoms. The molecular formula is C22H24B2FNO5. The molecule has 31 heavy (non-hydrogen) atoms. The summed E-state index contributed by atoms with van der Waals surface area (Å²) in [6, 6.07) is 4.48. The van der Waals surface area contributed by atoms with Crippen molar-refractivity contribution >= 4 is 38.5 Å². The summed E-state index contributed by atoms with van der Waals surface area (Å²) in [4.78, 5) is 23.5. The Bertz CT molecular complexity index is 971. The lowest BCUT2D eigenvalue weighted by Crippen LogP contribution is -2.45. The fraction of sp³-hybridized carbons (Fsp3) is 0.364. The molecule has 2 aromatic carbocycles. The van der Waals surface area contributed by atoms with Gasteiger partial charge in [0.05, 0.1) is 6.42 Å². The summed E-state index contributed by atoms with van der Waals surface area (Å²) in [6.45, 7) is 6.99. The van der Waals surface area contributed by atoms with Crippen LogP contribution in [0.2, 0.25) is 0 Å². The number of hydrogen-bond acceptors (Lipinski definition) is 4. The van der Waals surface area contributed by atoms with E-state index in [4.69, 9.17) is 20.4 Å². The van der Waals surface area contributed by atoms with Crippen LogP contribution in [0.1, 0.15) is 44.7 Å². The van der Waals surface area contributed by atoms with E-state index < -0.39 is 29.5 Å². The second kappa shape index (κ2) is 9.90. The molecule has 0 unspecified atom stereocenters. The summed E-state index contributed by atoms with van der Waals surface area (Å²) in [7, 11) is 12.1. The van der Waals surface area contributed by atoms with Crippen molar-refractivity contribution in [3.05, 3.63) is 41.2 Å². The van der Waals surface area contributed by atoms with Crippen molar-refractivity contribution in [2.45, 2.75) is 46.1 Å². The van der Waals surface area contributed by atoms with E-state index in [0.717, 1.165) is 6.07 Å². The molecule has 3 N–H and O–H groups in total. The van der Waals surface area contributed by atoms with E-state index in [1.54, 1.807) is 27.7 Å². The Morgan fingerprint density at radius 2 is 1.68 bits per heavy atom. The van der Waals surface area contributed by atoms with Gasteiger partial charge in [0, 0.05) is 11.6 Å². The van der Waals surface area contributed by atoms with E-state index in [0.29, 0.717) is 11.1 Å². The average molecular weight is 423 g/mol. The number of rotatable bonds is 8. The van der Waals surface area contributed by atoms with Crippen LogP contribution in [0.5, 0.6) is 17.2 Å². The first kappa shape index (κ1) is 24.3. The van der Waals surface area contributed by atoms with Crippen LogP contribution >= 0.6 is 0 Å². The first-order valence-electron chi connectivity index (χ1n) is 9.81. The van der Waals surface area contributed by atoms with E-state index in [-0.39, 0.29) is 40.7 Å². The van der Waals surface area contributed by atoms with Crippen molar-refractivity contribution in [3.8, 4) is 17.2 Å². The second-order valence-corrected chi connectivity index (χ2v) is 8.01. The van der Waals surface area contributed by atoms with Crippen LogP contribution in [0.25, 0.3) is 0 Å². The van der Waals surface area contributed by atoms with Gasteiger partial charge in [0.25, 0.3) is 0 Å². The third kappa shape index (κ3) is 6.03. The molecule has 0 heterocycles. The summed E-state index contributed by atoms with van der Waals surface area (Å²) in [5.74, 6) is -3.10. The maximum Gasteiger partial charge on any atom is 0.326 e. The number of carboxylic acid groups (broad SMARTS) is 1. The van der Waals surface area contributed by atoms with Crippen LogP contribution in [0.15, 0.2) is 24.3 Å². The molecule has 1 atom stereocenters.